The van der Waals surface area contributed by atoms with E-state index in [0.717, 1.165) is 40.9 Å². The fourth-order valence-corrected chi connectivity index (χ4v) is 5.55. The Morgan fingerprint density at radius 2 is 1.53 bits per heavy atom. The molecule has 6 rings (SSSR count). The molecule has 0 bridgehead atoms. The molecule has 1 unspecified atom stereocenters. The van der Waals surface area contributed by atoms with E-state index in [0.29, 0.717) is 10.7 Å². The highest BCUT2D eigenvalue weighted by molar-refractivity contribution is 6.36. The Morgan fingerprint density at radius 3 is 2.29 bits per heavy atom. The van der Waals surface area contributed by atoms with E-state index in [1.54, 1.807) is 0 Å². The first-order valence-corrected chi connectivity index (χ1v) is 12.3. The number of fused-ring (bicyclic) bond motifs is 3. The lowest BCUT2D eigenvalue weighted by molar-refractivity contribution is 0.161. The van der Waals surface area contributed by atoms with Crippen LogP contribution in [0.4, 0.5) is 5.69 Å². The van der Waals surface area contributed by atoms with Crippen molar-refractivity contribution in [3.8, 4) is 5.75 Å². The predicted molar refractivity (Wildman–Crippen MR) is 139 cm³/mol. The molecule has 1 fully saturated rings. The molecule has 170 valence electrons. The van der Waals surface area contributed by atoms with Crippen LogP contribution in [0, 0.1) is 0 Å². The Morgan fingerprint density at radius 1 is 0.794 bits per heavy atom. The van der Waals surface area contributed by atoms with Crippen molar-refractivity contribution in [3.05, 3.63) is 99.9 Å². The zero-order valence-electron chi connectivity index (χ0n) is 18.5. The Kier molecular flexibility index (Phi) is 5.43. The lowest BCUT2D eigenvalue weighted by Crippen LogP contribution is -2.34. The van der Waals surface area contributed by atoms with Crippen LogP contribution in [0.3, 0.4) is 0 Å². The summed E-state index contributed by atoms with van der Waals surface area (Å²) in [4.78, 5) is 10.9. The molecule has 0 saturated carbocycles. The van der Waals surface area contributed by atoms with E-state index < -0.39 is 5.60 Å². The fourth-order valence-electron chi connectivity index (χ4n) is 5.06. The number of rotatable bonds is 3. The summed E-state index contributed by atoms with van der Waals surface area (Å²) in [6, 6.07) is 22.9. The zero-order chi connectivity index (χ0) is 23.1. The Labute approximate surface area is 208 Å². The van der Waals surface area contributed by atoms with Gasteiger partial charge in [0.2, 0.25) is 5.28 Å². The van der Waals surface area contributed by atoms with Crippen molar-refractivity contribution >= 4 is 45.9 Å². The molecule has 0 amide bonds. The summed E-state index contributed by atoms with van der Waals surface area (Å²) in [7, 11) is 0. The number of ether oxygens (including phenoxy) is 1. The van der Waals surface area contributed by atoms with Crippen LogP contribution in [0.1, 0.15) is 36.0 Å². The van der Waals surface area contributed by atoms with E-state index in [-0.39, 0.29) is 5.28 Å². The molecule has 1 atom stereocenters. The average Bonchev–Trinajstić information content (AvgIpc) is 2.89. The van der Waals surface area contributed by atoms with E-state index in [1.807, 2.05) is 30.3 Å². The van der Waals surface area contributed by atoms with Crippen LogP contribution in [0.15, 0.2) is 72.8 Å². The van der Waals surface area contributed by atoms with Crippen LogP contribution >= 0.6 is 23.2 Å². The van der Waals surface area contributed by atoms with Gasteiger partial charge in [0, 0.05) is 40.9 Å². The van der Waals surface area contributed by atoms with Gasteiger partial charge in [0.1, 0.15) is 10.9 Å². The third kappa shape index (κ3) is 3.62. The molecule has 0 spiro atoms. The second kappa shape index (κ2) is 8.61. The lowest BCUT2D eigenvalue weighted by atomic mass is 9.83. The van der Waals surface area contributed by atoms with Crippen LogP contribution in [-0.2, 0) is 5.60 Å². The maximum absolute atomic E-state index is 6.82. The minimum atomic E-state index is -0.762. The maximum Gasteiger partial charge on any atom is 0.224 e. The molecule has 2 aliphatic heterocycles. The number of hydrogen-bond donors (Lipinski definition) is 0. The topological polar surface area (TPSA) is 38.3 Å². The summed E-state index contributed by atoms with van der Waals surface area (Å²) in [5.74, 6) is 0.729. The van der Waals surface area contributed by atoms with Crippen LogP contribution in [-0.4, -0.2) is 23.1 Å². The van der Waals surface area contributed by atoms with Crippen molar-refractivity contribution < 1.29 is 4.74 Å². The van der Waals surface area contributed by atoms with Crippen molar-refractivity contribution in [1.29, 1.82) is 0 Å². The van der Waals surface area contributed by atoms with Crippen LogP contribution < -0.4 is 9.64 Å². The first kappa shape index (κ1) is 21.5. The van der Waals surface area contributed by atoms with Crippen molar-refractivity contribution in [2.24, 2.45) is 0 Å². The summed E-state index contributed by atoms with van der Waals surface area (Å²) >= 11 is 12.5. The molecular weight excluding hydrogens is 465 g/mol. The molecule has 1 aromatic heterocycles. The molecule has 6 heteroatoms. The van der Waals surface area contributed by atoms with E-state index in [1.165, 1.54) is 24.9 Å². The Hall–Kier alpha value is -3.08. The van der Waals surface area contributed by atoms with Crippen LogP contribution in [0.2, 0.25) is 10.4 Å². The highest BCUT2D eigenvalue weighted by atomic mass is 35.5. The quantitative estimate of drug-likeness (QED) is 0.224. The smallest absolute Gasteiger partial charge is 0.224 e. The van der Waals surface area contributed by atoms with E-state index in [2.05, 4.69) is 63.4 Å². The zero-order valence-corrected chi connectivity index (χ0v) is 20.1. The molecule has 0 N–H and O–H groups in total. The SMILES string of the molecule is Clc1nc(Cl)c2c3c(ccc2n1)OC(c1ccccc1)(c1ccc(N2CCCCC2)cc1)C=C3. The van der Waals surface area contributed by atoms with Gasteiger partial charge in [-0.1, -0.05) is 54.1 Å². The summed E-state index contributed by atoms with van der Waals surface area (Å²) < 4.78 is 6.82. The van der Waals surface area contributed by atoms with E-state index in [9.17, 15) is 0 Å². The molecule has 0 aliphatic carbocycles. The molecule has 4 aromatic rings. The third-order valence-corrected chi connectivity index (χ3v) is 7.21. The maximum atomic E-state index is 6.82. The van der Waals surface area contributed by atoms with Gasteiger partial charge in [-0.3, -0.25) is 0 Å². The highest BCUT2D eigenvalue weighted by Crippen LogP contribution is 2.45. The van der Waals surface area contributed by atoms with E-state index >= 15 is 0 Å². The average molecular weight is 488 g/mol. The molecule has 3 aromatic carbocycles. The summed E-state index contributed by atoms with van der Waals surface area (Å²) in [5, 5.41) is 1.19. The highest BCUT2D eigenvalue weighted by Gasteiger charge is 2.37. The van der Waals surface area contributed by atoms with Gasteiger partial charge >= 0.3 is 0 Å². The van der Waals surface area contributed by atoms with Gasteiger partial charge in [0.15, 0.2) is 5.60 Å². The van der Waals surface area contributed by atoms with Crippen molar-refractivity contribution in [1.82, 2.24) is 9.97 Å². The minimum Gasteiger partial charge on any atom is -0.473 e. The summed E-state index contributed by atoms with van der Waals surface area (Å²) in [5.41, 5.74) is 4.17. The number of piperidine rings is 1. The van der Waals surface area contributed by atoms with Crippen molar-refractivity contribution in [2.45, 2.75) is 24.9 Å². The second-order valence-electron chi connectivity index (χ2n) is 8.79. The number of anilines is 1. The van der Waals surface area contributed by atoms with Gasteiger partial charge in [0.25, 0.3) is 0 Å². The Balaban J connectivity index is 1.47. The third-order valence-electron chi connectivity index (χ3n) is 6.77. The number of hydrogen-bond acceptors (Lipinski definition) is 4. The molecular formula is C28H23Cl2N3O. The Bertz CT molecular complexity index is 1380. The molecule has 2 aliphatic rings. The van der Waals surface area contributed by atoms with Gasteiger partial charge < -0.3 is 9.64 Å². The predicted octanol–water partition coefficient (Wildman–Crippen LogP) is 7.28. The van der Waals surface area contributed by atoms with Crippen LogP contribution in [0.5, 0.6) is 5.75 Å². The van der Waals surface area contributed by atoms with E-state index in [4.69, 9.17) is 27.9 Å². The standard InChI is InChI=1S/C28H23Cl2N3O/c29-26-25-22-15-16-28(19-7-3-1-4-8-19,34-24(22)14-13-23(25)31-27(30)32-26)20-9-11-21(12-10-20)33-17-5-2-6-18-33/h1,3-4,7-16H,2,5-6,17-18H2. The molecule has 34 heavy (non-hydrogen) atoms. The fraction of sp³-hybridized carbons (Fsp3) is 0.214. The summed E-state index contributed by atoms with van der Waals surface area (Å²) in [6.45, 7) is 2.24. The molecule has 4 nitrogen and oxygen atoms in total. The van der Waals surface area contributed by atoms with Crippen molar-refractivity contribution in [3.63, 3.8) is 0 Å². The number of aromatic nitrogens is 2. The van der Waals surface area contributed by atoms with Gasteiger partial charge in [-0.2, -0.15) is 0 Å². The van der Waals surface area contributed by atoms with Gasteiger partial charge in [-0.05, 0) is 67.3 Å². The first-order valence-electron chi connectivity index (χ1n) is 11.6. The van der Waals surface area contributed by atoms with Gasteiger partial charge in [-0.25, -0.2) is 9.97 Å². The van der Waals surface area contributed by atoms with Crippen molar-refractivity contribution in [2.75, 3.05) is 18.0 Å². The van der Waals surface area contributed by atoms with Crippen LogP contribution in [0.25, 0.3) is 17.0 Å². The largest absolute Gasteiger partial charge is 0.473 e. The number of nitrogens with zero attached hydrogens (tertiary/aromatic N) is 3. The minimum absolute atomic E-state index is 0.130. The summed E-state index contributed by atoms with van der Waals surface area (Å²) in [6.07, 6.45) is 7.99. The normalized spacial score (nSPS) is 19.6. The first-order chi connectivity index (χ1) is 16.6. The molecule has 3 heterocycles. The lowest BCUT2D eigenvalue weighted by Gasteiger charge is -2.37. The monoisotopic (exact) mass is 487 g/mol. The number of benzene rings is 3. The number of halogens is 2. The molecule has 1 saturated heterocycles. The van der Waals surface area contributed by atoms with Gasteiger partial charge in [0.05, 0.1) is 5.52 Å². The van der Waals surface area contributed by atoms with Gasteiger partial charge in [-0.15, -0.1) is 0 Å². The second-order valence-corrected chi connectivity index (χ2v) is 9.48. The molecule has 0 radical (unpaired) electrons.